The molecular formula is C16H13N3O3. The summed E-state index contributed by atoms with van der Waals surface area (Å²) < 4.78 is 0. The van der Waals surface area contributed by atoms with Crippen LogP contribution in [-0.4, -0.2) is 21.0 Å². The van der Waals surface area contributed by atoms with E-state index in [4.69, 9.17) is 5.11 Å². The molecule has 3 rings (SSSR count). The third-order valence-corrected chi connectivity index (χ3v) is 3.33. The molecule has 3 N–H and O–H groups in total. The van der Waals surface area contributed by atoms with Crippen molar-refractivity contribution in [3.63, 3.8) is 0 Å². The van der Waals surface area contributed by atoms with Gasteiger partial charge in [0.1, 0.15) is 5.82 Å². The Labute approximate surface area is 125 Å². The van der Waals surface area contributed by atoms with E-state index in [1.165, 1.54) is 12.3 Å². The number of carboxylic acids is 1. The Balaban J connectivity index is 1.93. The number of fused-ring (bicyclic) bond motifs is 1. The van der Waals surface area contributed by atoms with E-state index in [2.05, 4.69) is 15.3 Å². The highest BCUT2D eigenvalue weighted by Crippen LogP contribution is 2.22. The van der Waals surface area contributed by atoms with Crippen LogP contribution < -0.4 is 10.9 Å². The van der Waals surface area contributed by atoms with Crippen LogP contribution in [0, 0.1) is 6.92 Å². The van der Waals surface area contributed by atoms with E-state index in [1.807, 2.05) is 25.1 Å². The predicted molar refractivity (Wildman–Crippen MR) is 83.8 cm³/mol. The lowest BCUT2D eigenvalue weighted by atomic mass is 10.1. The zero-order valence-corrected chi connectivity index (χ0v) is 11.8. The lowest BCUT2D eigenvalue weighted by Gasteiger charge is -2.08. The van der Waals surface area contributed by atoms with Crippen LogP contribution in [0.15, 0.2) is 47.4 Å². The third-order valence-electron chi connectivity index (χ3n) is 3.33. The molecule has 0 fully saturated rings. The fourth-order valence-corrected chi connectivity index (χ4v) is 2.24. The monoisotopic (exact) mass is 295 g/mol. The van der Waals surface area contributed by atoms with Crippen LogP contribution in [0.25, 0.3) is 10.9 Å². The van der Waals surface area contributed by atoms with Crippen LogP contribution in [0.2, 0.25) is 0 Å². The summed E-state index contributed by atoms with van der Waals surface area (Å²) in [5, 5.41) is 12.9. The minimum absolute atomic E-state index is 0.128. The number of H-pyrrole nitrogens is 1. The summed E-state index contributed by atoms with van der Waals surface area (Å²) in [4.78, 5) is 29.1. The Morgan fingerprint density at radius 1 is 1.23 bits per heavy atom. The molecule has 6 nitrogen and oxygen atoms in total. The first-order chi connectivity index (χ1) is 10.5. The normalized spacial score (nSPS) is 10.6. The van der Waals surface area contributed by atoms with Gasteiger partial charge in [0.15, 0.2) is 0 Å². The molecule has 0 unspecified atom stereocenters. The summed E-state index contributed by atoms with van der Waals surface area (Å²) in [6, 6.07) is 10.2. The lowest BCUT2D eigenvalue weighted by molar-refractivity contribution is 0.0696. The molecule has 0 aliphatic heterocycles. The number of benzene rings is 1. The Kier molecular flexibility index (Phi) is 3.34. The molecule has 22 heavy (non-hydrogen) atoms. The molecule has 2 heterocycles. The number of aromatic amines is 1. The average Bonchev–Trinajstić information content (AvgIpc) is 2.48. The zero-order valence-electron chi connectivity index (χ0n) is 11.8. The highest BCUT2D eigenvalue weighted by atomic mass is 16.4. The molecular weight excluding hydrogens is 282 g/mol. The molecule has 1 aromatic carbocycles. The maximum absolute atomic E-state index is 11.4. The summed E-state index contributed by atoms with van der Waals surface area (Å²) in [5.41, 5.74) is 2.47. The second-order valence-electron chi connectivity index (χ2n) is 4.94. The summed E-state index contributed by atoms with van der Waals surface area (Å²) >= 11 is 0. The van der Waals surface area contributed by atoms with E-state index >= 15 is 0 Å². The number of pyridine rings is 2. The second-order valence-corrected chi connectivity index (χ2v) is 4.94. The summed E-state index contributed by atoms with van der Waals surface area (Å²) in [6.07, 6.45) is 1.30. The number of hydrogen-bond donors (Lipinski definition) is 3. The van der Waals surface area contributed by atoms with Gasteiger partial charge in [-0.2, -0.15) is 0 Å². The quantitative estimate of drug-likeness (QED) is 0.690. The Hall–Kier alpha value is -3.15. The zero-order chi connectivity index (χ0) is 15.7. The van der Waals surface area contributed by atoms with Gasteiger partial charge < -0.3 is 15.4 Å². The smallest absolute Gasteiger partial charge is 0.337 e. The van der Waals surface area contributed by atoms with Gasteiger partial charge in [-0.15, -0.1) is 0 Å². The van der Waals surface area contributed by atoms with Gasteiger partial charge in [-0.1, -0.05) is 0 Å². The molecule has 0 aliphatic carbocycles. The molecule has 0 amide bonds. The van der Waals surface area contributed by atoms with E-state index in [9.17, 15) is 9.59 Å². The first-order valence-corrected chi connectivity index (χ1v) is 6.63. The van der Waals surface area contributed by atoms with Crippen molar-refractivity contribution in [2.45, 2.75) is 6.92 Å². The van der Waals surface area contributed by atoms with Crippen molar-refractivity contribution in [1.29, 1.82) is 0 Å². The van der Waals surface area contributed by atoms with Crippen molar-refractivity contribution >= 4 is 28.4 Å². The van der Waals surface area contributed by atoms with Crippen molar-refractivity contribution in [3.8, 4) is 0 Å². The minimum Gasteiger partial charge on any atom is -0.478 e. The highest BCUT2D eigenvalue weighted by molar-refractivity contribution is 5.88. The fraction of sp³-hybridized carbons (Fsp3) is 0.0625. The Bertz CT molecular complexity index is 914. The van der Waals surface area contributed by atoms with E-state index < -0.39 is 5.97 Å². The summed E-state index contributed by atoms with van der Waals surface area (Å²) in [7, 11) is 0. The van der Waals surface area contributed by atoms with Crippen LogP contribution in [0.5, 0.6) is 0 Å². The van der Waals surface area contributed by atoms with Gasteiger partial charge in [-0.25, -0.2) is 9.78 Å². The van der Waals surface area contributed by atoms with Gasteiger partial charge in [0.2, 0.25) is 5.56 Å². The first-order valence-electron chi connectivity index (χ1n) is 6.63. The maximum Gasteiger partial charge on any atom is 0.337 e. The maximum atomic E-state index is 11.4. The Morgan fingerprint density at radius 3 is 2.73 bits per heavy atom. The number of hydrogen-bond acceptors (Lipinski definition) is 4. The molecule has 0 bridgehead atoms. The predicted octanol–water partition coefficient (Wildman–Crippen LogP) is 2.67. The number of aromatic nitrogens is 2. The summed E-state index contributed by atoms with van der Waals surface area (Å²) in [6.45, 7) is 1.88. The van der Waals surface area contributed by atoms with Crippen LogP contribution in [-0.2, 0) is 0 Å². The molecule has 0 aliphatic rings. The van der Waals surface area contributed by atoms with Gasteiger partial charge >= 0.3 is 5.97 Å². The van der Waals surface area contributed by atoms with Crippen molar-refractivity contribution in [2.24, 2.45) is 0 Å². The van der Waals surface area contributed by atoms with Crippen LogP contribution >= 0.6 is 0 Å². The number of anilines is 2. The minimum atomic E-state index is -1.01. The molecule has 0 saturated carbocycles. The van der Waals surface area contributed by atoms with Crippen LogP contribution in [0.1, 0.15) is 15.9 Å². The molecule has 3 aromatic rings. The van der Waals surface area contributed by atoms with Gasteiger partial charge in [0.05, 0.1) is 5.56 Å². The van der Waals surface area contributed by atoms with Gasteiger partial charge in [-0.05, 0) is 42.8 Å². The number of rotatable bonds is 3. The van der Waals surface area contributed by atoms with Gasteiger partial charge in [-0.3, -0.25) is 4.79 Å². The Morgan fingerprint density at radius 2 is 2.05 bits per heavy atom. The SMILES string of the molecule is Cc1cc(=O)[nH]c2ccc(Nc3ccc(C(=O)O)cn3)cc12. The molecule has 0 radical (unpaired) electrons. The van der Waals surface area contributed by atoms with E-state index in [-0.39, 0.29) is 11.1 Å². The van der Waals surface area contributed by atoms with Crippen LogP contribution in [0.4, 0.5) is 11.5 Å². The fourth-order valence-electron chi connectivity index (χ4n) is 2.24. The average molecular weight is 295 g/mol. The molecule has 0 atom stereocenters. The van der Waals surface area contributed by atoms with E-state index in [0.29, 0.717) is 5.82 Å². The number of nitrogens with one attached hydrogen (secondary N) is 2. The molecule has 6 heteroatoms. The first kappa shape index (κ1) is 13.8. The molecule has 0 saturated heterocycles. The number of carbonyl (C=O) groups is 1. The van der Waals surface area contributed by atoms with Crippen LogP contribution in [0.3, 0.4) is 0 Å². The van der Waals surface area contributed by atoms with Crippen molar-refractivity contribution in [1.82, 2.24) is 9.97 Å². The largest absolute Gasteiger partial charge is 0.478 e. The molecule has 110 valence electrons. The number of aryl methyl sites for hydroxylation is 1. The molecule has 0 spiro atoms. The van der Waals surface area contributed by atoms with Crippen molar-refractivity contribution < 1.29 is 9.90 Å². The third kappa shape index (κ3) is 2.67. The van der Waals surface area contributed by atoms with Gasteiger partial charge in [0.25, 0.3) is 0 Å². The highest BCUT2D eigenvalue weighted by Gasteiger charge is 2.05. The number of carboxylic acid groups (broad SMARTS) is 1. The topological polar surface area (TPSA) is 95.1 Å². The summed E-state index contributed by atoms with van der Waals surface area (Å²) in [5.74, 6) is -0.462. The van der Waals surface area contributed by atoms with E-state index in [0.717, 1.165) is 22.2 Å². The van der Waals surface area contributed by atoms with Crippen molar-refractivity contribution in [2.75, 3.05) is 5.32 Å². The molecule has 2 aromatic heterocycles. The van der Waals surface area contributed by atoms with E-state index in [1.54, 1.807) is 12.1 Å². The number of aromatic carboxylic acids is 1. The number of nitrogens with zero attached hydrogens (tertiary/aromatic N) is 1. The van der Waals surface area contributed by atoms with Crippen molar-refractivity contribution in [3.05, 3.63) is 64.1 Å². The second kappa shape index (κ2) is 5.33. The lowest BCUT2D eigenvalue weighted by Crippen LogP contribution is -2.05. The standard InChI is InChI=1S/C16H13N3O3/c1-9-6-15(20)19-13-4-3-11(7-12(9)13)18-14-5-2-10(8-17-14)16(21)22/h2-8H,1H3,(H,17,18)(H,19,20)(H,21,22). The van der Waals surface area contributed by atoms with Gasteiger partial charge in [0, 0.05) is 28.9 Å².